The summed E-state index contributed by atoms with van der Waals surface area (Å²) in [4.78, 5) is 19.3. The third-order valence-corrected chi connectivity index (χ3v) is 5.80. The van der Waals surface area contributed by atoms with Gasteiger partial charge in [-0.15, -0.1) is 10.2 Å². The minimum absolute atomic E-state index is 0.257. The molecule has 3 aromatic rings. The molecule has 9 heteroatoms. The van der Waals surface area contributed by atoms with Gasteiger partial charge in [0.1, 0.15) is 11.8 Å². The molecule has 0 fully saturated rings. The number of likely N-dealkylation sites (tertiary alicyclic amines) is 1. The molecule has 1 aliphatic carbocycles. The van der Waals surface area contributed by atoms with Crippen LogP contribution in [-0.2, 0) is 5.54 Å². The van der Waals surface area contributed by atoms with E-state index in [0.29, 0.717) is 39.9 Å². The number of hydrogen-bond donors (Lipinski definition) is 1. The minimum atomic E-state index is -0.701. The molecule has 154 valence electrons. The molecule has 8 nitrogen and oxygen atoms in total. The number of fused-ring (bicyclic) bond motifs is 1. The van der Waals surface area contributed by atoms with Crippen molar-refractivity contribution in [1.29, 1.82) is 0 Å². The molecule has 5 rings (SSSR count). The van der Waals surface area contributed by atoms with Gasteiger partial charge in [-0.25, -0.2) is 9.78 Å². The summed E-state index contributed by atoms with van der Waals surface area (Å²) in [7, 11) is 0. The highest BCUT2D eigenvalue weighted by Crippen LogP contribution is 2.53. The van der Waals surface area contributed by atoms with Crippen molar-refractivity contribution in [3.63, 3.8) is 0 Å². The zero-order chi connectivity index (χ0) is 21.0. The van der Waals surface area contributed by atoms with E-state index in [0.717, 1.165) is 24.2 Å². The lowest BCUT2D eigenvalue weighted by Crippen LogP contribution is -2.60. The fourth-order valence-electron chi connectivity index (χ4n) is 4.31. The standard InChI is InChI=1S/C21H20ClN5O3/c1-11-6-15-9-21(8-11,19-26-25-13(3)30-19)27(15)20(28)24-14-4-5-17(22)16(7-14)18-23-12(2)10-29-18/h4-5,7,9-11H,6,8H2,1-3H3,(H,24,28)/t11-,21+/m1/s1. The fraction of sp³-hybridized carbons (Fsp3) is 0.333. The predicted octanol–water partition coefficient (Wildman–Crippen LogP) is 5.05. The minimum Gasteiger partial charge on any atom is -0.444 e. The second-order valence-electron chi connectivity index (χ2n) is 7.95. The number of oxazole rings is 1. The fourth-order valence-corrected chi connectivity index (χ4v) is 4.51. The Morgan fingerprint density at radius 1 is 1.33 bits per heavy atom. The Balaban J connectivity index is 1.44. The van der Waals surface area contributed by atoms with E-state index in [1.807, 2.05) is 6.92 Å². The molecule has 1 N–H and O–H groups in total. The number of hydrogen-bond acceptors (Lipinski definition) is 6. The number of nitrogens with zero attached hydrogens (tertiary/aromatic N) is 4. The number of nitrogens with one attached hydrogen (secondary N) is 1. The number of allylic oxidation sites excluding steroid dienone is 1. The molecular weight excluding hydrogens is 406 g/mol. The van der Waals surface area contributed by atoms with E-state index < -0.39 is 5.54 Å². The summed E-state index contributed by atoms with van der Waals surface area (Å²) in [6, 6.07) is 4.95. The van der Waals surface area contributed by atoms with E-state index in [2.05, 4.69) is 33.5 Å². The average molecular weight is 426 g/mol. The maximum atomic E-state index is 13.2. The molecule has 2 bridgehead atoms. The van der Waals surface area contributed by atoms with E-state index in [1.54, 1.807) is 36.3 Å². The third-order valence-electron chi connectivity index (χ3n) is 5.48. The number of aromatic nitrogens is 3. The summed E-state index contributed by atoms with van der Waals surface area (Å²) >= 11 is 6.32. The molecule has 0 unspecified atom stereocenters. The average Bonchev–Trinajstić information content (AvgIpc) is 3.31. The van der Waals surface area contributed by atoms with Gasteiger partial charge in [0.25, 0.3) is 0 Å². The van der Waals surface area contributed by atoms with Crippen LogP contribution in [0.4, 0.5) is 10.5 Å². The van der Waals surface area contributed by atoms with Crippen molar-refractivity contribution in [1.82, 2.24) is 20.1 Å². The first-order chi connectivity index (χ1) is 14.4. The second kappa shape index (κ2) is 6.70. The Labute approximate surface area is 177 Å². The topological polar surface area (TPSA) is 97.3 Å². The van der Waals surface area contributed by atoms with Gasteiger partial charge in [-0.05, 0) is 50.0 Å². The number of anilines is 1. The Bertz CT molecular complexity index is 1180. The monoisotopic (exact) mass is 425 g/mol. The zero-order valence-corrected chi connectivity index (χ0v) is 17.5. The summed E-state index contributed by atoms with van der Waals surface area (Å²) < 4.78 is 11.2. The highest BCUT2D eigenvalue weighted by Gasteiger charge is 2.56. The lowest BCUT2D eigenvalue weighted by atomic mass is 9.71. The van der Waals surface area contributed by atoms with Crippen LogP contribution < -0.4 is 5.32 Å². The predicted molar refractivity (Wildman–Crippen MR) is 110 cm³/mol. The van der Waals surface area contributed by atoms with Crippen LogP contribution in [0.5, 0.6) is 0 Å². The molecule has 1 aromatic carbocycles. The number of piperidine rings is 1. The van der Waals surface area contributed by atoms with Gasteiger partial charge in [-0.3, -0.25) is 4.90 Å². The molecule has 0 saturated carbocycles. The lowest BCUT2D eigenvalue weighted by molar-refractivity contribution is 0.0665. The number of carbonyl (C=O) groups is 1. The SMILES string of the molecule is Cc1coc(-c2cc(NC(=O)N3C4=C[C@]3(c3nnc(C)o3)C[C@H](C)C4)ccc2Cl)n1. The van der Waals surface area contributed by atoms with Crippen molar-refractivity contribution in [2.45, 2.75) is 39.2 Å². The Kier molecular flexibility index (Phi) is 4.21. The highest BCUT2D eigenvalue weighted by molar-refractivity contribution is 6.33. The van der Waals surface area contributed by atoms with Gasteiger partial charge in [0.05, 0.1) is 16.3 Å². The molecule has 1 aliphatic heterocycles. The van der Waals surface area contributed by atoms with Gasteiger partial charge in [-0.1, -0.05) is 18.5 Å². The molecule has 2 amide bonds. The van der Waals surface area contributed by atoms with Gasteiger partial charge >= 0.3 is 6.03 Å². The van der Waals surface area contributed by atoms with Crippen LogP contribution in [0.1, 0.15) is 37.2 Å². The van der Waals surface area contributed by atoms with Crippen LogP contribution in [0, 0.1) is 19.8 Å². The summed E-state index contributed by atoms with van der Waals surface area (Å²) in [5.74, 6) is 1.74. The molecule has 2 aromatic heterocycles. The van der Waals surface area contributed by atoms with Crippen molar-refractivity contribution in [3.05, 3.63) is 58.7 Å². The molecule has 0 spiro atoms. The quantitative estimate of drug-likeness (QED) is 0.630. The van der Waals surface area contributed by atoms with Crippen LogP contribution in [0.2, 0.25) is 5.02 Å². The second-order valence-corrected chi connectivity index (χ2v) is 8.36. The number of amides is 2. The summed E-state index contributed by atoms with van der Waals surface area (Å²) in [5.41, 5.74) is 2.21. The summed E-state index contributed by atoms with van der Waals surface area (Å²) in [6.45, 7) is 5.74. The third kappa shape index (κ3) is 2.90. The first-order valence-corrected chi connectivity index (χ1v) is 10.1. The Morgan fingerprint density at radius 3 is 2.87 bits per heavy atom. The number of benzene rings is 1. The Morgan fingerprint density at radius 2 is 2.17 bits per heavy atom. The van der Waals surface area contributed by atoms with Crippen molar-refractivity contribution in [2.24, 2.45) is 5.92 Å². The van der Waals surface area contributed by atoms with Crippen LogP contribution in [-0.4, -0.2) is 26.1 Å². The number of urea groups is 1. The van der Waals surface area contributed by atoms with Crippen molar-refractivity contribution < 1.29 is 13.6 Å². The summed E-state index contributed by atoms with van der Waals surface area (Å²) in [5, 5.41) is 11.6. The molecule has 0 saturated heterocycles. The van der Waals surface area contributed by atoms with E-state index in [4.69, 9.17) is 20.4 Å². The van der Waals surface area contributed by atoms with Gasteiger partial charge in [0.2, 0.25) is 17.7 Å². The van der Waals surface area contributed by atoms with Crippen molar-refractivity contribution in [2.75, 3.05) is 5.32 Å². The van der Waals surface area contributed by atoms with E-state index >= 15 is 0 Å². The molecule has 30 heavy (non-hydrogen) atoms. The molecule has 2 aliphatic rings. The highest BCUT2D eigenvalue weighted by atomic mass is 35.5. The van der Waals surface area contributed by atoms with Gasteiger partial charge in [0.15, 0.2) is 0 Å². The largest absolute Gasteiger partial charge is 0.444 e. The van der Waals surface area contributed by atoms with E-state index in [1.165, 1.54) is 0 Å². The van der Waals surface area contributed by atoms with Crippen LogP contribution in [0.3, 0.4) is 0 Å². The first kappa shape index (κ1) is 18.9. The number of aryl methyl sites for hydroxylation is 2. The van der Waals surface area contributed by atoms with Crippen molar-refractivity contribution in [3.8, 4) is 11.5 Å². The van der Waals surface area contributed by atoms with Gasteiger partial charge in [-0.2, -0.15) is 0 Å². The van der Waals surface area contributed by atoms with Crippen molar-refractivity contribution >= 4 is 23.3 Å². The van der Waals surface area contributed by atoms with Crippen LogP contribution in [0.25, 0.3) is 11.5 Å². The summed E-state index contributed by atoms with van der Waals surface area (Å²) in [6.07, 6.45) is 5.17. The maximum absolute atomic E-state index is 13.2. The van der Waals surface area contributed by atoms with E-state index in [9.17, 15) is 4.79 Å². The molecule has 0 radical (unpaired) electrons. The van der Waals surface area contributed by atoms with E-state index in [-0.39, 0.29) is 6.03 Å². The number of halogens is 1. The smallest absolute Gasteiger partial charge is 0.327 e. The molecular formula is C21H20ClN5O3. The van der Waals surface area contributed by atoms with Crippen LogP contribution >= 0.6 is 11.6 Å². The number of carbonyl (C=O) groups excluding carboxylic acids is 1. The number of rotatable bonds is 3. The maximum Gasteiger partial charge on any atom is 0.327 e. The zero-order valence-electron chi connectivity index (χ0n) is 16.8. The molecule has 3 heterocycles. The lowest BCUT2D eigenvalue weighted by Gasteiger charge is -2.53. The van der Waals surface area contributed by atoms with Crippen LogP contribution in [0.15, 0.2) is 45.1 Å². The molecule has 2 atom stereocenters. The normalized spacial score (nSPS) is 22.5. The van der Waals surface area contributed by atoms with Gasteiger partial charge < -0.3 is 14.2 Å². The van der Waals surface area contributed by atoms with Gasteiger partial charge in [0, 0.05) is 18.3 Å². The Hall–Kier alpha value is -3.13. The first-order valence-electron chi connectivity index (χ1n) is 9.71.